The summed E-state index contributed by atoms with van der Waals surface area (Å²) in [5.41, 5.74) is 2.08. The molecule has 1 aliphatic heterocycles. The number of fused-ring (bicyclic) bond motifs is 1. The summed E-state index contributed by atoms with van der Waals surface area (Å²) in [6.07, 6.45) is -0.0266. The van der Waals surface area contributed by atoms with Gasteiger partial charge in [0.05, 0.1) is 30.7 Å². The van der Waals surface area contributed by atoms with E-state index in [2.05, 4.69) is 5.32 Å². The van der Waals surface area contributed by atoms with E-state index in [1.807, 2.05) is 30.3 Å². The summed E-state index contributed by atoms with van der Waals surface area (Å²) in [7, 11) is -2.52. The van der Waals surface area contributed by atoms with Crippen molar-refractivity contribution in [1.29, 1.82) is 0 Å². The number of anilines is 1. The molecule has 1 aromatic heterocycles. The van der Waals surface area contributed by atoms with Gasteiger partial charge in [-0.05, 0) is 48.7 Å². The SMILES string of the molecule is CCOC(=O)N1CCc2c(sc(NC(=O)c3ccc(S(=O)(=O)N(CC)Cc4ccccc4)cc3)c2C(=O)OC)C1. The fourth-order valence-corrected chi connectivity index (χ4v) is 7.12. The van der Waals surface area contributed by atoms with Gasteiger partial charge < -0.3 is 19.7 Å². The molecule has 12 heteroatoms. The first-order chi connectivity index (χ1) is 19.2. The first-order valence-corrected chi connectivity index (χ1v) is 15.0. The van der Waals surface area contributed by atoms with Gasteiger partial charge in [-0.3, -0.25) is 4.79 Å². The summed E-state index contributed by atoms with van der Waals surface area (Å²) in [4.78, 5) is 40.4. The zero-order chi connectivity index (χ0) is 28.9. The molecule has 1 N–H and O–H groups in total. The van der Waals surface area contributed by atoms with Crippen LogP contribution in [0.3, 0.4) is 0 Å². The number of esters is 1. The number of rotatable bonds is 9. The van der Waals surface area contributed by atoms with Gasteiger partial charge in [0.15, 0.2) is 0 Å². The van der Waals surface area contributed by atoms with Crippen LogP contribution in [0.2, 0.25) is 0 Å². The quantitative estimate of drug-likeness (QED) is 0.367. The van der Waals surface area contributed by atoms with Gasteiger partial charge in [0.1, 0.15) is 5.00 Å². The van der Waals surface area contributed by atoms with Gasteiger partial charge in [-0.1, -0.05) is 37.3 Å². The van der Waals surface area contributed by atoms with Gasteiger partial charge in [0, 0.05) is 30.1 Å². The Hall–Kier alpha value is -3.74. The molecule has 0 fully saturated rings. The zero-order valence-electron chi connectivity index (χ0n) is 22.5. The maximum Gasteiger partial charge on any atom is 0.410 e. The number of nitrogens with one attached hydrogen (secondary N) is 1. The Morgan fingerprint density at radius 2 is 1.75 bits per heavy atom. The molecule has 2 aromatic carbocycles. The van der Waals surface area contributed by atoms with Crippen molar-refractivity contribution in [2.75, 3.05) is 32.1 Å². The molecule has 2 heterocycles. The first-order valence-electron chi connectivity index (χ1n) is 12.8. The fraction of sp³-hybridized carbons (Fsp3) is 0.321. The largest absolute Gasteiger partial charge is 0.465 e. The molecule has 0 bridgehead atoms. The number of carbonyl (C=O) groups is 3. The van der Waals surface area contributed by atoms with E-state index in [1.165, 1.54) is 47.0 Å². The molecule has 0 unspecified atom stereocenters. The van der Waals surface area contributed by atoms with E-state index in [0.29, 0.717) is 18.0 Å². The topological polar surface area (TPSA) is 122 Å². The van der Waals surface area contributed by atoms with Gasteiger partial charge in [0.2, 0.25) is 10.0 Å². The van der Waals surface area contributed by atoms with Gasteiger partial charge in [-0.25, -0.2) is 18.0 Å². The second-order valence-electron chi connectivity index (χ2n) is 8.97. The van der Waals surface area contributed by atoms with E-state index >= 15 is 0 Å². The molecule has 0 spiro atoms. The van der Waals surface area contributed by atoms with E-state index < -0.39 is 28.0 Å². The normalized spacial score (nSPS) is 13.1. The number of benzene rings is 2. The van der Waals surface area contributed by atoms with Gasteiger partial charge in [-0.2, -0.15) is 4.31 Å². The molecule has 0 radical (unpaired) electrons. The lowest BCUT2D eigenvalue weighted by atomic mass is 10.0. The van der Waals surface area contributed by atoms with Crippen molar-refractivity contribution in [2.24, 2.45) is 0 Å². The number of hydrogen-bond donors (Lipinski definition) is 1. The van der Waals surface area contributed by atoms with E-state index in [4.69, 9.17) is 9.47 Å². The van der Waals surface area contributed by atoms with E-state index in [9.17, 15) is 22.8 Å². The highest BCUT2D eigenvalue weighted by Gasteiger charge is 2.31. The lowest BCUT2D eigenvalue weighted by Crippen LogP contribution is -2.36. The van der Waals surface area contributed by atoms with Crippen LogP contribution in [0.25, 0.3) is 0 Å². The third kappa shape index (κ3) is 6.19. The lowest BCUT2D eigenvalue weighted by Gasteiger charge is -2.26. The van der Waals surface area contributed by atoms with E-state index in [-0.39, 0.29) is 42.3 Å². The Balaban J connectivity index is 1.53. The van der Waals surface area contributed by atoms with E-state index in [0.717, 1.165) is 16.0 Å². The van der Waals surface area contributed by atoms with Crippen molar-refractivity contribution in [2.45, 2.75) is 38.3 Å². The molecule has 10 nitrogen and oxygen atoms in total. The average molecular weight is 586 g/mol. The van der Waals surface area contributed by atoms with Gasteiger partial charge in [-0.15, -0.1) is 11.3 Å². The number of carbonyl (C=O) groups excluding carboxylic acids is 3. The second-order valence-corrected chi connectivity index (χ2v) is 12.0. The molecule has 0 atom stereocenters. The van der Waals surface area contributed by atoms with E-state index in [1.54, 1.807) is 18.7 Å². The second kappa shape index (κ2) is 12.6. The van der Waals surface area contributed by atoms with Crippen molar-refractivity contribution in [3.05, 3.63) is 81.7 Å². The molecule has 2 amide bonds. The minimum Gasteiger partial charge on any atom is -0.465 e. The van der Waals surface area contributed by atoms with Crippen LogP contribution in [-0.4, -0.2) is 62.4 Å². The van der Waals surface area contributed by atoms with Gasteiger partial charge >= 0.3 is 12.1 Å². The Kier molecular flexibility index (Phi) is 9.23. The van der Waals surface area contributed by atoms with Crippen molar-refractivity contribution >= 4 is 44.3 Å². The number of methoxy groups -OCH3 is 1. The maximum atomic E-state index is 13.3. The molecular formula is C28H31N3O7S2. The Morgan fingerprint density at radius 1 is 1.05 bits per heavy atom. The number of amides is 2. The van der Waals surface area contributed by atoms with Crippen molar-refractivity contribution in [3.63, 3.8) is 0 Å². The Morgan fingerprint density at radius 3 is 2.38 bits per heavy atom. The van der Waals surface area contributed by atoms with Crippen molar-refractivity contribution < 1.29 is 32.3 Å². The van der Waals surface area contributed by atoms with Crippen LogP contribution < -0.4 is 5.32 Å². The third-order valence-corrected chi connectivity index (χ3v) is 9.58. The minimum absolute atomic E-state index is 0.0720. The standard InChI is InChI=1S/C28H31N3O7S2/c1-4-31(17-19-9-7-6-8-10-19)40(35,36)21-13-11-20(12-14-21)25(32)29-26-24(27(33)37-3)22-15-16-30(18-23(22)39-26)28(34)38-5-2/h6-14H,4-5,15-18H2,1-3H3,(H,29,32). The van der Waals surface area contributed by atoms with Crippen LogP contribution in [0.5, 0.6) is 0 Å². The average Bonchev–Trinajstić information content (AvgIpc) is 3.33. The van der Waals surface area contributed by atoms with Crippen LogP contribution in [0.4, 0.5) is 9.80 Å². The monoisotopic (exact) mass is 585 g/mol. The Bertz CT molecular complexity index is 1490. The number of ether oxygens (including phenoxy) is 2. The third-order valence-electron chi connectivity index (χ3n) is 6.51. The summed E-state index contributed by atoms with van der Waals surface area (Å²) >= 11 is 1.20. The highest BCUT2D eigenvalue weighted by Crippen LogP contribution is 2.38. The molecule has 1 aliphatic rings. The van der Waals surface area contributed by atoms with Gasteiger partial charge in [0.25, 0.3) is 5.91 Å². The molecule has 0 saturated heterocycles. The summed E-state index contributed by atoms with van der Waals surface area (Å²) < 4.78 is 38.0. The highest BCUT2D eigenvalue weighted by molar-refractivity contribution is 7.89. The summed E-state index contributed by atoms with van der Waals surface area (Å²) in [5, 5.41) is 3.09. The lowest BCUT2D eigenvalue weighted by molar-refractivity contribution is 0.0600. The van der Waals surface area contributed by atoms with Crippen LogP contribution >= 0.6 is 11.3 Å². The maximum absolute atomic E-state index is 13.3. The molecular weight excluding hydrogens is 554 g/mol. The zero-order valence-corrected chi connectivity index (χ0v) is 24.1. The van der Waals surface area contributed by atoms with Crippen LogP contribution in [0.1, 0.15) is 50.6 Å². The van der Waals surface area contributed by atoms with Crippen LogP contribution in [-0.2, 0) is 39.0 Å². The van der Waals surface area contributed by atoms with Crippen molar-refractivity contribution in [1.82, 2.24) is 9.21 Å². The number of thiophene rings is 1. The first kappa shape index (κ1) is 29.2. The molecule has 3 aromatic rings. The Labute approximate surface area is 237 Å². The fourth-order valence-electron chi connectivity index (χ4n) is 4.44. The van der Waals surface area contributed by atoms with Crippen molar-refractivity contribution in [3.8, 4) is 0 Å². The minimum atomic E-state index is -3.79. The number of sulfonamides is 1. The summed E-state index contributed by atoms with van der Waals surface area (Å²) in [5.74, 6) is -1.09. The predicted molar refractivity (Wildman–Crippen MR) is 151 cm³/mol. The number of nitrogens with zero attached hydrogens (tertiary/aromatic N) is 2. The van der Waals surface area contributed by atoms with Crippen LogP contribution in [0, 0.1) is 0 Å². The molecule has 4 rings (SSSR count). The molecule has 40 heavy (non-hydrogen) atoms. The van der Waals surface area contributed by atoms with Crippen LogP contribution in [0.15, 0.2) is 59.5 Å². The number of hydrogen-bond acceptors (Lipinski definition) is 8. The molecule has 0 saturated carbocycles. The molecule has 0 aliphatic carbocycles. The molecule has 212 valence electrons. The summed E-state index contributed by atoms with van der Waals surface area (Å²) in [6.45, 7) is 4.89. The smallest absolute Gasteiger partial charge is 0.410 e. The summed E-state index contributed by atoms with van der Waals surface area (Å²) in [6, 6.07) is 15.0. The predicted octanol–water partition coefficient (Wildman–Crippen LogP) is 4.51. The highest BCUT2D eigenvalue weighted by atomic mass is 32.2.